The lowest BCUT2D eigenvalue weighted by atomic mass is 10.0. The summed E-state index contributed by atoms with van der Waals surface area (Å²) in [4.78, 5) is 11.2. The van der Waals surface area contributed by atoms with E-state index in [0.717, 1.165) is 28.4 Å². The number of aldehydes is 1. The average Bonchev–Trinajstić information content (AvgIpc) is 2.85. The number of hydrogen-bond donors (Lipinski definition) is 1. The number of aromatic nitrogens is 1. The first-order valence-electron chi connectivity index (χ1n) is 6.82. The summed E-state index contributed by atoms with van der Waals surface area (Å²) in [5.41, 5.74) is 9.04. The Hall–Kier alpha value is -1.97. The largest absolute Gasteiger partial charge is 0.399 e. The Bertz CT molecular complexity index is 870. The van der Waals surface area contributed by atoms with Crippen molar-refractivity contribution < 1.29 is 4.79 Å². The lowest BCUT2D eigenvalue weighted by Gasteiger charge is -2.08. The van der Waals surface area contributed by atoms with Crippen molar-refractivity contribution in [2.45, 2.75) is 12.8 Å². The van der Waals surface area contributed by atoms with E-state index in [1.54, 1.807) is 12.1 Å². The van der Waals surface area contributed by atoms with Crippen LogP contribution in [0.15, 0.2) is 42.6 Å². The molecule has 1 unspecified atom stereocenters. The van der Waals surface area contributed by atoms with Gasteiger partial charge in [0.05, 0.1) is 16.2 Å². The summed E-state index contributed by atoms with van der Waals surface area (Å²) in [5, 5.41) is 2.13. The van der Waals surface area contributed by atoms with Gasteiger partial charge in [0.1, 0.15) is 6.29 Å². The van der Waals surface area contributed by atoms with Crippen LogP contribution in [0, 0.1) is 0 Å². The van der Waals surface area contributed by atoms with E-state index >= 15 is 0 Å². The van der Waals surface area contributed by atoms with Crippen molar-refractivity contribution in [1.29, 1.82) is 0 Å². The number of nitrogens with two attached hydrogens (primary N) is 1. The van der Waals surface area contributed by atoms with Crippen LogP contribution in [0.25, 0.3) is 16.6 Å². The van der Waals surface area contributed by atoms with Crippen LogP contribution >= 0.6 is 23.2 Å². The number of carbonyl (C=O) groups is 1. The number of benzene rings is 2. The molecule has 1 heterocycles. The topological polar surface area (TPSA) is 48.0 Å². The van der Waals surface area contributed by atoms with Crippen molar-refractivity contribution in [2.75, 3.05) is 5.73 Å². The number of nitrogen functional groups attached to an aromatic ring is 1. The third-order valence-electron chi connectivity index (χ3n) is 3.72. The minimum absolute atomic E-state index is 0.227. The van der Waals surface area contributed by atoms with Crippen LogP contribution in [0.5, 0.6) is 0 Å². The molecule has 0 fully saturated rings. The van der Waals surface area contributed by atoms with Crippen molar-refractivity contribution in [3.8, 4) is 5.69 Å². The molecular formula is C17H14Cl2N2O. The molecule has 5 heteroatoms. The molecule has 1 aromatic heterocycles. The number of fused-ring (bicyclic) bond motifs is 1. The van der Waals surface area contributed by atoms with Gasteiger partial charge in [-0.3, -0.25) is 0 Å². The molecule has 0 spiro atoms. The Morgan fingerprint density at radius 1 is 1.18 bits per heavy atom. The van der Waals surface area contributed by atoms with Crippen LogP contribution in [-0.2, 0) is 4.79 Å². The number of halogens is 2. The molecule has 3 nitrogen and oxygen atoms in total. The molecule has 0 aliphatic heterocycles. The molecule has 2 N–H and O–H groups in total. The van der Waals surface area contributed by atoms with E-state index in [0.29, 0.717) is 15.7 Å². The summed E-state index contributed by atoms with van der Waals surface area (Å²) in [6.07, 6.45) is 2.85. The summed E-state index contributed by atoms with van der Waals surface area (Å²) in [6, 6.07) is 11.0. The van der Waals surface area contributed by atoms with Gasteiger partial charge in [0.2, 0.25) is 0 Å². The molecule has 3 aromatic rings. The molecule has 112 valence electrons. The van der Waals surface area contributed by atoms with Gasteiger partial charge in [-0.2, -0.15) is 0 Å². The van der Waals surface area contributed by atoms with Gasteiger partial charge in [-0.1, -0.05) is 30.1 Å². The van der Waals surface area contributed by atoms with E-state index in [1.807, 2.05) is 42.0 Å². The minimum Gasteiger partial charge on any atom is -0.399 e. The highest BCUT2D eigenvalue weighted by Crippen LogP contribution is 2.33. The van der Waals surface area contributed by atoms with Crippen molar-refractivity contribution in [3.05, 3.63) is 58.2 Å². The van der Waals surface area contributed by atoms with Crippen LogP contribution < -0.4 is 5.73 Å². The van der Waals surface area contributed by atoms with Crippen molar-refractivity contribution in [1.82, 2.24) is 4.57 Å². The Kier molecular flexibility index (Phi) is 3.85. The fourth-order valence-corrected chi connectivity index (χ4v) is 3.03. The molecule has 0 aliphatic rings. The van der Waals surface area contributed by atoms with Gasteiger partial charge in [0.25, 0.3) is 0 Å². The van der Waals surface area contributed by atoms with Crippen molar-refractivity contribution in [3.63, 3.8) is 0 Å². The van der Waals surface area contributed by atoms with E-state index in [9.17, 15) is 4.79 Å². The highest BCUT2D eigenvalue weighted by Gasteiger charge is 2.16. The van der Waals surface area contributed by atoms with Gasteiger partial charge >= 0.3 is 0 Å². The van der Waals surface area contributed by atoms with E-state index in [2.05, 4.69) is 0 Å². The van der Waals surface area contributed by atoms with Crippen LogP contribution in [0.3, 0.4) is 0 Å². The second-order valence-electron chi connectivity index (χ2n) is 5.25. The first-order chi connectivity index (χ1) is 10.5. The minimum atomic E-state index is -0.227. The highest BCUT2D eigenvalue weighted by molar-refractivity contribution is 6.33. The Morgan fingerprint density at radius 2 is 1.95 bits per heavy atom. The third-order valence-corrected chi connectivity index (χ3v) is 4.26. The van der Waals surface area contributed by atoms with E-state index in [1.165, 1.54) is 0 Å². The highest BCUT2D eigenvalue weighted by atomic mass is 35.5. The van der Waals surface area contributed by atoms with Gasteiger partial charge in [-0.15, -0.1) is 0 Å². The molecule has 2 aromatic carbocycles. The maximum Gasteiger partial charge on any atom is 0.127 e. The predicted octanol–water partition coefficient (Wildman–Crippen LogP) is 4.82. The van der Waals surface area contributed by atoms with Gasteiger partial charge in [-0.25, -0.2) is 0 Å². The first kappa shape index (κ1) is 14.9. The lowest BCUT2D eigenvalue weighted by molar-refractivity contribution is -0.108. The smallest absolute Gasteiger partial charge is 0.127 e. The Balaban J connectivity index is 2.32. The van der Waals surface area contributed by atoms with E-state index in [4.69, 9.17) is 28.9 Å². The lowest BCUT2D eigenvalue weighted by Crippen LogP contribution is -1.95. The zero-order valence-corrected chi connectivity index (χ0v) is 13.4. The van der Waals surface area contributed by atoms with E-state index in [-0.39, 0.29) is 5.92 Å². The molecule has 0 saturated heterocycles. The average molecular weight is 333 g/mol. The monoisotopic (exact) mass is 332 g/mol. The maximum atomic E-state index is 11.2. The van der Waals surface area contributed by atoms with Gasteiger partial charge < -0.3 is 15.1 Å². The van der Waals surface area contributed by atoms with Gasteiger partial charge in [0.15, 0.2) is 0 Å². The molecular weight excluding hydrogens is 319 g/mol. The molecule has 22 heavy (non-hydrogen) atoms. The molecule has 1 atom stereocenters. The van der Waals surface area contributed by atoms with Crippen molar-refractivity contribution in [2.24, 2.45) is 0 Å². The zero-order chi connectivity index (χ0) is 15.9. The normalized spacial score (nSPS) is 12.5. The van der Waals surface area contributed by atoms with Gasteiger partial charge in [0, 0.05) is 28.2 Å². The second kappa shape index (κ2) is 5.67. The van der Waals surface area contributed by atoms with Crippen LogP contribution in [0.1, 0.15) is 18.4 Å². The van der Waals surface area contributed by atoms with Gasteiger partial charge in [-0.05, 0) is 42.0 Å². The number of anilines is 1. The van der Waals surface area contributed by atoms with Crippen LogP contribution in [0.4, 0.5) is 5.69 Å². The number of nitrogens with zero attached hydrogens (tertiary/aromatic N) is 1. The number of hydrogen-bond acceptors (Lipinski definition) is 2. The van der Waals surface area contributed by atoms with Crippen LogP contribution in [0.2, 0.25) is 10.0 Å². The maximum absolute atomic E-state index is 11.2. The predicted molar refractivity (Wildman–Crippen MR) is 92.2 cm³/mol. The SMILES string of the molecule is CC(C=O)c1cn(-c2ccc(N)cc2Cl)c2ccc(Cl)cc12. The zero-order valence-electron chi connectivity index (χ0n) is 11.9. The van der Waals surface area contributed by atoms with Crippen LogP contribution in [-0.4, -0.2) is 10.9 Å². The fraction of sp³-hybridized carbons (Fsp3) is 0.118. The van der Waals surface area contributed by atoms with Crippen molar-refractivity contribution >= 4 is 46.1 Å². The number of rotatable bonds is 3. The molecule has 0 aliphatic carbocycles. The summed E-state index contributed by atoms with van der Waals surface area (Å²) in [5.74, 6) is -0.227. The second-order valence-corrected chi connectivity index (χ2v) is 6.10. The Morgan fingerprint density at radius 3 is 2.64 bits per heavy atom. The number of carbonyl (C=O) groups excluding carboxylic acids is 1. The molecule has 0 saturated carbocycles. The standard InChI is InChI=1S/C17H14Cl2N2O/c1-10(9-22)14-8-21(16-4-2-11(18)6-13(14)16)17-5-3-12(20)7-15(17)19/h2-10H,20H2,1H3. The first-order valence-corrected chi connectivity index (χ1v) is 7.58. The third kappa shape index (κ3) is 2.47. The molecule has 3 rings (SSSR count). The quantitative estimate of drug-likeness (QED) is 0.552. The summed E-state index contributed by atoms with van der Waals surface area (Å²) in [6.45, 7) is 1.86. The molecule has 0 bridgehead atoms. The fourth-order valence-electron chi connectivity index (χ4n) is 2.58. The summed E-state index contributed by atoms with van der Waals surface area (Å²) < 4.78 is 1.96. The molecule has 0 radical (unpaired) electrons. The van der Waals surface area contributed by atoms with E-state index < -0.39 is 0 Å². The molecule has 0 amide bonds. The Labute approximate surface area is 138 Å². The summed E-state index contributed by atoms with van der Waals surface area (Å²) >= 11 is 12.4. The summed E-state index contributed by atoms with van der Waals surface area (Å²) in [7, 11) is 0.